The summed E-state index contributed by atoms with van der Waals surface area (Å²) in [6.07, 6.45) is 3.57. The number of para-hydroxylation sites is 2. The summed E-state index contributed by atoms with van der Waals surface area (Å²) in [5, 5.41) is 9.27. The van der Waals surface area contributed by atoms with E-state index in [9.17, 15) is 9.90 Å². The van der Waals surface area contributed by atoms with Gasteiger partial charge >= 0.3 is 0 Å². The van der Waals surface area contributed by atoms with Crippen molar-refractivity contribution < 1.29 is 9.90 Å². The number of rotatable bonds is 3. The van der Waals surface area contributed by atoms with Gasteiger partial charge in [0.1, 0.15) is 6.54 Å². The number of benzene rings is 1. The van der Waals surface area contributed by atoms with Gasteiger partial charge in [0.2, 0.25) is 5.91 Å². The molecule has 1 saturated heterocycles. The van der Waals surface area contributed by atoms with Crippen molar-refractivity contribution in [2.45, 2.75) is 25.4 Å². The second-order valence-electron chi connectivity index (χ2n) is 4.93. The number of fused-ring (bicyclic) bond motifs is 1. The molecule has 0 radical (unpaired) electrons. The van der Waals surface area contributed by atoms with Crippen molar-refractivity contribution in [3.8, 4) is 0 Å². The number of hydrogen-bond acceptors (Lipinski definition) is 3. The number of likely N-dealkylation sites (tertiary alicyclic amines) is 1. The molecule has 0 unspecified atom stereocenters. The first kappa shape index (κ1) is 12.2. The van der Waals surface area contributed by atoms with E-state index in [1.807, 2.05) is 28.8 Å². The molecular formula is C14H17N3O2. The third kappa shape index (κ3) is 2.21. The smallest absolute Gasteiger partial charge is 0.242 e. The zero-order valence-electron chi connectivity index (χ0n) is 10.7. The standard InChI is InChI=1S/C14H17N3O2/c18-9-11-4-3-7-17(11)14(19)8-16-10-15-12-5-1-2-6-13(12)16/h1-2,5-6,10-11,18H,3-4,7-9H2/t11-/m1/s1. The maximum Gasteiger partial charge on any atom is 0.242 e. The molecule has 100 valence electrons. The van der Waals surface area contributed by atoms with Crippen LogP contribution in [0.15, 0.2) is 30.6 Å². The molecule has 1 aliphatic rings. The van der Waals surface area contributed by atoms with Crippen molar-refractivity contribution in [2.75, 3.05) is 13.2 Å². The molecule has 1 N–H and O–H groups in total. The zero-order valence-corrected chi connectivity index (χ0v) is 10.7. The van der Waals surface area contributed by atoms with E-state index < -0.39 is 0 Å². The van der Waals surface area contributed by atoms with Crippen LogP contribution in [0.4, 0.5) is 0 Å². The Morgan fingerprint density at radius 1 is 1.42 bits per heavy atom. The number of aliphatic hydroxyl groups is 1. The molecule has 2 heterocycles. The van der Waals surface area contributed by atoms with E-state index in [0.717, 1.165) is 30.4 Å². The van der Waals surface area contributed by atoms with Gasteiger partial charge in [0.05, 0.1) is 30.0 Å². The molecule has 0 aliphatic carbocycles. The highest BCUT2D eigenvalue weighted by atomic mass is 16.3. The lowest BCUT2D eigenvalue weighted by Gasteiger charge is -2.23. The molecule has 1 aliphatic heterocycles. The molecule has 5 heteroatoms. The minimum absolute atomic E-state index is 0.0118. The highest BCUT2D eigenvalue weighted by Gasteiger charge is 2.28. The highest BCUT2D eigenvalue weighted by Crippen LogP contribution is 2.18. The molecule has 3 rings (SSSR count). The van der Waals surface area contributed by atoms with Crippen LogP contribution in [0, 0.1) is 0 Å². The van der Waals surface area contributed by atoms with Gasteiger partial charge in [-0.1, -0.05) is 12.1 Å². The van der Waals surface area contributed by atoms with Crippen LogP contribution in [0.5, 0.6) is 0 Å². The van der Waals surface area contributed by atoms with Gasteiger partial charge in [0, 0.05) is 6.54 Å². The molecular weight excluding hydrogens is 242 g/mol. The van der Waals surface area contributed by atoms with Crippen LogP contribution < -0.4 is 0 Å². The predicted molar refractivity (Wildman–Crippen MR) is 71.6 cm³/mol. The van der Waals surface area contributed by atoms with Crippen LogP contribution in [-0.4, -0.2) is 44.7 Å². The minimum Gasteiger partial charge on any atom is -0.394 e. The summed E-state index contributed by atoms with van der Waals surface area (Å²) in [6, 6.07) is 7.76. The van der Waals surface area contributed by atoms with E-state index in [2.05, 4.69) is 4.98 Å². The molecule has 0 saturated carbocycles. The molecule has 0 bridgehead atoms. The fourth-order valence-corrected chi connectivity index (χ4v) is 2.73. The lowest BCUT2D eigenvalue weighted by molar-refractivity contribution is -0.133. The summed E-state index contributed by atoms with van der Waals surface area (Å²) in [5.41, 5.74) is 1.87. The average Bonchev–Trinajstić information content (AvgIpc) is 3.05. The number of hydrogen-bond donors (Lipinski definition) is 1. The quantitative estimate of drug-likeness (QED) is 0.895. The Balaban J connectivity index is 1.79. The number of carbonyl (C=O) groups excluding carboxylic acids is 1. The van der Waals surface area contributed by atoms with Crippen LogP contribution in [0.1, 0.15) is 12.8 Å². The Morgan fingerprint density at radius 3 is 3.11 bits per heavy atom. The topological polar surface area (TPSA) is 58.4 Å². The number of nitrogens with zero attached hydrogens (tertiary/aromatic N) is 3. The lowest BCUT2D eigenvalue weighted by atomic mass is 10.2. The van der Waals surface area contributed by atoms with E-state index in [1.54, 1.807) is 11.2 Å². The van der Waals surface area contributed by atoms with Gasteiger partial charge in [-0.3, -0.25) is 4.79 Å². The molecule has 1 aromatic carbocycles. The van der Waals surface area contributed by atoms with E-state index in [-0.39, 0.29) is 25.1 Å². The summed E-state index contributed by atoms with van der Waals surface area (Å²) in [5.74, 6) is 0.0553. The number of aliphatic hydroxyl groups excluding tert-OH is 1. The van der Waals surface area contributed by atoms with Crippen LogP contribution in [0.25, 0.3) is 11.0 Å². The largest absolute Gasteiger partial charge is 0.394 e. The van der Waals surface area contributed by atoms with Crippen molar-refractivity contribution >= 4 is 16.9 Å². The zero-order chi connectivity index (χ0) is 13.2. The first-order valence-corrected chi connectivity index (χ1v) is 6.60. The Labute approximate surface area is 111 Å². The van der Waals surface area contributed by atoms with Crippen molar-refractivity contribution in [3.63, 3.8) is 0 Å². The maximum atomic E-state index is 12.3. The van der Waals surface area contributed by atoms with Gasteiger partial charge in [-0.15, -0.1) is 0 Å². The van der Waals surface area contributed by atoms with Crippen LogP contribution in [0.3, 0.4) is 0 Å². The third-order valence-electron chi connectivity index (χ3n) is 3.74. The monoisotopic (exact) mass is 259 g/mol. The molecule has 0 spiro atoms. The summed E-state index contributed by atoms with van der Waals surface area (Å²) < 4.78 is 1.87. The summed E-state index contributed by atoms with van der Waals surface area (Å²) in [6.45, 7) is 1.09. The van der Waals surface area contributed by atoms with E-state index >= 15 is 0 Å². The van der Waals surface area contributed by atoms with Crippen LogP contribution >= 0.6 is 0 Å². The third-order valence-corrected chi connectivity index (χ3v) is 3.74. The predicted octanol–water partition coefficient (Wildman–Crippen LogP) is 1.02. The molecule has 1 amide bonds. The molecule has 2 aromatic rings. The number of aromatic nitrogens is 2. The van der Waals surface area contributed by atoms with Crippen LogP contribution in [-0.2, 0) is 11.3 Å². The van der Waals surface area contributed by atoms with Gasteiger partial charge in [-0.25, -0.2) is 4.98 Å². The minimum atomic E-state index is -0.0118. The van der Waals surface area contributed by atoms with Gasteiger partial charge in [0.15, 0.2) is 0 Å². The number of carbonyl (C=O) groups is 1. The molecule has 1 fully saturated rings. The molecule has 19 heavy (non-hydrogen) atoms. The summed E-state index contributed by atoms with van der Waals surface area (Å²) in [4.78, 5) is 18.4. The molecule has 5 nitrogen and oxygen atoms in total. The Hall–Kier alpha value is -1.88. The van der Waals surface area contributed by atoms with Crippen molar-refractivity contribution in [3.05, 3.63) is 30.6 Å². The average molecular weight is 259 g/mol. The Bertz CT molecular complexity index is 593. The van der Waals surface area contributed by atoms with Gasteiger partial charge in [0.25, 0.3) is 0 Å². The maximum absolute atomic E-state index is 12.3. The fourth-order valence-electron chi connectivity index (χ4n) is 2.73. The lowest BCUT2D eigenvalue weighted by Crippen LogP contribution is -2.39. The summed E-state index contributed by atoms with van der Waals surface area (Å²) in [7, 11) is 0. The van der Waals surface area contributed by atoms with E-state index in [1.165, 1.54) is 0 Å². The van der Waals surface area contributed by atoms with Gasteiger partial charge < -0.3 is 14.6 Å². The van der Waals surface area contributed by atoms with Gasteiger partial charge in [-0.05, 0) is 25.0 Å². The highest BCUT2D eigenvalue weighted by molar-refractivity contribution is 5.80. The SMILES string of the molecule is O=C(Cn1cnc2ccccc21)N1CCC[C@@H]1CO. The van der Waals surface area contributed by atoms with Gasteiger partial charge in [-0.2, -0.15) is 0 Å². The second-order valence-corrected chi connectivity index (χ2v) is 4.93. The normalized spacial score (nSPS) is 19.2. The van der Waals surface area contributed by atoms with E-state index in [0.29, 0.717) is 0 Å². The second kappa shape index (κ2) is 5.01. The number of amides is 1. The fraction of sp³-hybridized carbons (Fsp3) is 0.429. The molecule has 1 aromatic heterocycles. The number of imidazole rings is 1. The van der Waals surface area contributed by atoms with Crippen molar-refractivity contribution in [1.82, 2.24) is 14.5 Å². The first-order chi connectivity index (χ1) is 9.29. The Kier molecular flexibility index (Phi) is 3.21. The van der Waals surface area contributed by atoms with Crippen LogP contribution in [0.2, 0.25) is 0 Å². The van der Waals surface area contributed by atoms with Crippen molar-refractivity contribution in [2.24, 2.45) is 0 Å². The van der Waals surface area contributed by atoms with E-state index in [4.69, 9.17) is 0 Å². The van der Waals surface area contributed by atoms with Crippen molar-refractivity contribution in [1.29, 1.82) is 0 Å². The first-order valence-electron chi connectivity index (χ1n) is 6.60. The Morgan fingerprint density at radius 2 is 2.26 bits per heavy atom. The molecule has 1 atom stereocenters. The summed E-state index contributed by atoms with van der Waals surface area (Å²) >= 11 is 0.